The van der Waals surface area contributed by atoms with Gasteiger partial charge in [0.15, 0.2) is 6.61 Å². The monoisotopic (exact) mass is 461 g/mol. The third-order valence-corrected chi connectivity index (χ3v) is 5.55. The molecule has 0 unspecified atom stereocenters. The van der Waals surface area contributed by atoms with Gasteiger partial charge in [-0.15, -0.1) is 0 Å². The van der Waals surface area contributed by atoms with Crippen LogP contribution in [-0.2, 0) is 4.79 Å². The van der Waals surface area contributed by atoms with E-state index in [1.165, 1.54) is 7.11 Å². The number of nitrogen functional groups attached to an aromatic ring is 1. The van der Waals surface area contributed by atoms with E-state index in [0.717, 1.165) is 11.3 Å². The lowest BCUT2D eigenvalue weighted by atomic mass is 10.1. The smallest absolute Gasteiger partial charge is 0.276 e. The van der Waals surface area contributed by atoms with Gasteiger partial charge in [0.2, 0.25) is 0 Å². The fourth-order valence-electron chi connectivity index (χ4n) is 3.92. The van der Waals surface area contributed by atoms with Crippen molar-refractivity contribution in [3.05, 3.63) is 64.7 Å². The molecule has 0 saturated carbocycles. The second-order valence-electron chi connectivity index (χ2n) is 7.78. The SMILES string of the molecule is COc1cc(OCC(=O)NN2C=CNC2)c2c(c1)[nH]c(=O)c1c(N)n(-c3ccccc3C)nc12. The van der Waals surface area contributed by atoms with Crippen LogP contribution in [0.15, 0.2) is 53.6 Å². The van der Waals surface area contributed by atoms with Gasteiger partial charge in [-0.2, -0.15) is 5.10 Å². The van der Waals surface area contributed by atoms with Crippen LogP contribution in [-0.4, -0.2) is 46.1 Å². The molecule has 1 aliphatic heterocycles. The molecule has 0 spiro atoms. The van der Waals surface area contributed by atoms with Gasteiger partial charge in [0.05, 0.1) is 23.7 Å². The van der Waals surface area contributed by atoms with Crippen molar-refractivity contribution < 1.29 is 14.3 Å². The zero-order chi connectivity index (χ0) is 23.8. The maximum atomic E-state index is 13.0. The predicted molar refractivity (Wildman–Crippen MR) is 128 cm³/mol. The second kappa shape index (κ2) is 8.35. The normalized spacial score (nSPS) is 12.8. The van der Waals surface area contributed by atoms with Crippen molar-refractivity contribution in [2.24, 2.45) is 0 Å². The first-order chi connectivity index (χ1) is 16.5. The Bertz CT molecular complexity index is 1510. The van der Waals surface area contributed by atoms with E-state index in [-0.39, 0.29) is 29.3 Å². The van der Waals surface area contributed by atoms with Gasteiger partial charge in [0, 0.05) is 24.5 Å². The summed E-state index contributed by atoms with van der Waals surface area (Å²) in [5.41, 5.74) is 11.2. The summed E-state index contributed by atoms with van der Waals surface area (Å²) < 4.78 is 12.8. The first-order valence-corrected chi connectivity index (χ1v) is 10.5. The maximum Gasteiger partial charge on any atom is 0.276 e. The summed E-state index contributed by atoms with van der Waals surface area (Å²) >= 11 is 0. The Morgan fingerprint density at radius 1 is 1.26 bits per heavy atom. The number of nitrogens with one attached hydrogen (secondary N) is 3. The van der Waals surface area contributed by atoms with Crippen LogP contribution in [0.25, 0.3) is 27.5 Å². The number of benzene rings is 2. The quantitative estimate of drug-likeness (QED) is 0.339. The Morgan fingerprint density at radius 2 is 2.09 bits per heavy atom. The number of methoxy groups -OCH3 is 1. The number of hydrogen-bond donors (Lipinski definition) is 4. The molecule has 4 aromatic rings. The summed E-state index contributed by atoms with van der Waals surface area (Å²) in [5.74, 6) is 0.640. The first-order valence-electron chi connectivity index (χ1n) is 10.5. The molecule has 5 N–H and O–H groups in total. The minimum Gasteiger partial charge on any atom is -0.497 e. The molecule has 11 heteroatoms. The summed E-state index contributed by atoms with van der Waals surface area (Å²) in [5, 5.41) is 9.99. The molecule has 34 heavy (non-hydrogen) atoms. The molecule has 5 rings (SSSR count). The van der Waals surface area contributed by atoms with Crippen molar-refractivity contribution in [2.75, 3.05) is 26.1 Å². The number of para-hydroxylation sites is 1. The Morgan fingerprint density at radius 3 is 2.82 bits per heavy atom. The lowest BCUT2D eigenvalue weighted by molar-refractivity contribution is -0.126. The lowest BCUT2D eigenvalue weighted by Crippen LogP contribution is -2.41. The molecule has 2 aromatic heterocycles. The highest BCUT2D eigenvalue weighted by molar-refractivity contribution is 6.10. The molecule has 0 aliphatic carbocycles. The van der Waals surface area contributed by atoms with Crippen molar-refractivity contribution in [2.45, 2.75) is 6.92 Å². The molecule has 3 heterocycles. The maximum absolute atomic E-state index is 13.0. The molecule has 0 radical (unpaired) electrons. The third kappa shape index (κ3) is 3.62. The van der Waals surface area contributed by atoms with Crippen LogP contribution < -0.4 is 31.5 Å². The van der Waals surface area contributed by atoms with E-state index >= 15 is 0 Å². The van der Waals surface area contributed by atoms with Crippen LogP contribution in [0.1, 0.15) is 5.56 Å². The van der Waals surface area contributed by atoms with Crippen LogP contribution in [0.4, 0.5) is 5.82 Å². The number of ether oxygens (including phenoxy) is 2. The number of fused-ring (bicyclic) bond motifs is 3. The highest BCUT2D eigenvalue weighted by Crippen LogP contribution is 2.36. The number of amides is 1. The number of carbonyl (C=O) groups excluding carboxylic acids is 1. The third-order valence-electron chi connectivity index (χ3n) is 5.55. The average molecular weight is 461 g/mol. The molecule has 0 atom stereocenters. The predicted octanol–water partition coefficient (Wildman–Crippen LogP) is 1.51. The van der Waals surface area contributed by atoms with E-state index < -0.39 is 0 Å². The summed E-state index contributed by atoms with van der Waals surface area (Å²) in [4.78, 5) is 28.2. The molecule has 2 aromatic carbocycles. The van der Waals surface area contributed by atoms with Crippen LogP contribution in [0.3, 0.4) is 0 Å². The highest BCUT2D eigenvalue weighted by Gasteiger charge is 2.21. The topological polar surface area (TPSA) is 140 Å². The fourth-order valence-corrected chi connectivity index (χ4v) is 3.92. The second-order valence-corrected chi connectivity index (χ2v) is 7.78. The van der Waals surface area contributed by atoms with E-state index in [2.05, 4.69) is 20.8 Å². The molecule has 0 bridgehead atoms. The van der Waals surface area contributed by atoms with E-state index in [1.807, 2.05) is 31.2 Å². The molecule has 0 fully saturated rings. The molecular formula is C23H23N7O4. The fraction of sp³-hybridized carbons (Fsp3) is 0.174. The van der Waals surface area contributed by atoms with E-state index in [0.29, 0.717) is 34.6 Å². The Hall–Kier alpha value is -4.67. The van der Waals surface area contributed by atoms with Gasteiger partial charge in [-0.3, -0.25) is 20.0 Å². The number of carbonyl (C=O) groups is 1. The average Bonchev–Trinajstić information content (AvgIpc) is 3.45. The number of pyridine rings is 1. The Kier molecular flexibility index (Phi) is 5.21. The summed E-state index contributed by atoms with van der Waals surface area (Å²) in [6.07, 6.45) is 3.42. The minimum absolute atomic E-state index is 0.209. The zero-order valence-corrected chi connectivity index (χ0v) is 18.6. The number of aromatic nitrogens is 3. The molecule has 1 aliphatic rings. The summed E-state index contributed by atoms with van der Waals surface area (Å²) in [6.45, 7) is 2.14. The number of hydrazine groups is 1. The number of H-pyrrole nitrogens is 1. The van der Waals surface area contributed by atoms with Crippen LogP contribution in [0, 0.1) is 6.92 Å². The number of rotatable bonds is 6. The van der Waals surface area contributed by atoms with Gasteiger partial charge in [-0.25, -0.2) is 4.68 Å². The molecule has 11 nitrogen and oxygen atoms in total. The van der Waals surface area contributed by atoms with Crippen molar-refractivity contribution in [3.63, 3.8) is 0 Å². The van der Waals surface area contributed by atoms with Crippen molar-refractivity contribution in [1.82, 2.24) is 30.5 Å². The molecule has 174 valence electrons. The number of nitrogens with zero attached hydrogens (tertiary/aromatic N) is 3. The van der Waals surface area contributed by atoms with Gasteiger partial charge in [-0.1, -0.05) is 18.2 Å². The molecular weight excluding hydrogens is 438 g/mol. The van der Waals surface area contributed by atoms with E-state index in [9.17, 15) is 9.59 Å². The number of aromatic amines is 1. The number of anilines is 1. The summed E-state index contributed by atoms with van der Waals surface area (Å²) in [6, 6.07) is 10.9. The first kappa shape index (κ1) is 21.2. The Balaban J connectivity index is 1.63. The highest BCUT2D eigenvalue weighted by atomic mass is 16.5. The minimum atomic E-state index is -0.384. The van der Waals surface area contributed by atoms with Crippen LogP contribution >= 0.6 is 0 Å². The van der Waals surface area contributed by atoms with E-state index in [4.69, 9.17) is 15.2 Å². The van der Waals surface area contributed by atoms with Crippen molar-refractivity contribution in [1.29, 1.82) is 0 Å². The number of hydrogen-bond acceptors (Lipinski definition) is 8. The summed E-state index contributed by atoms with van der Waals surface area (Å²) in [7, 11) is 1.51. The standard InChI is InChI=1S/C23H23N7O4/c1-13-5-3-4-6-16(13)30-22(24)20-21(28-30)19-15(26-23(20)32)9-14(33-2)10-17(19)34-11-18(31)27-29-8-7-25-12-29/h3-10,25H,11-12,24H2,1-2H3,(H,26,32)(H,27,31). The van der Waals surface area contributed by atoms with Gasteiger partial charge in [-0.05, 0) is 18.6 Å². The molecule has 1 amide bonds. The van der Waals surface area contributed by atoms with Gasteiger partial charge >= 0.3 is 0 Å². The number of nitrogens with two attached hydrogens (primary N) is 1. The van der Waals surface area contributed by atoms with Crippen molar-refractivity contribution >= 4 is 33.5 Å². The van der Waals surface area contributed by atoms with Crippen molar-refractivity contribution in [3.8, 4) is 17.2 Å². The molecule has 0 saturated heterocycles. The van der Waals surface area contributed by atoms with Gasteiger partial charge < -0.3 is 25.5 Å². The van der Waals surface area contributed by atoms with Crippen LogP contribution in [0.5, 0.6) is 11.5 Å². The van der Waals surface area contributed by atoms with E-state index in [1.54, 1.807) is 34.2 Å². The van der Waals surface area contributed by atoms with Crippen LogP contribution in [0.2, 0.25) is 0 Å². The Labute approximate surface area is 193 Å². The lowest BCUT2D eigenvalue weighted by Gasteiger charge is -2.17. The van der Waals surface area contributed by atoms with Gasteiger partial charge in [0.1, 0.15) is 34.9 Å². The zero-order valence-electron chi connectivity index (χ0n) is 18.6. The number of aryl methyl sites for hydroxylation is 1. The largest absolute Gasteiger partial charge is 0.497 e. The van der Waals surface area contributed by atoms with Gasteiger partial charge in [0.25, 0.3) is 11.5 Å².